The van der Waals surface area contributed by atoms with Gasteiger partial charge in [-0.05, 0) is 18.6 Å². The Kier molecular flexibility index (Phi) is 4.65. The van der Waals surface area contributed by atoms with Crippen LogP contribution in [0.15, 0.2) is 18.2 Å². The van der Waals surface area contributed by atoms with Crippen molar-refractivity contribution < 1.29 is 14.1 Å². The summed E-state index contributed by atoms with van der Waals surface area (Å²) in [5, 5.41) is 13.4. The molecular weight excluding hydrogens is 215 g/mol. The van der Waals surface area contributed by atoms with Crippen molar-refractivity contribution in [2.75, 3.05) is 25.6 Å². The van der Waals surface area contributed by atoms with Gasteiger partial charge in [0.15, 0.2) is 0 Å². The first-order valence-corrected chi connectivity index (χ1v) is 4.82. The van der Waals surface area contributed by atoms with E-state index >= 15 is 0 Å². The minimum absolute atomic E-state index is 0.195. The van der Waals surface area contributed by atoms with Gasteiger partial charge in [0.25, 0.3) is 0 Å². The third-order valence-electron chi connectivity index (χ3n) is 2.01. The predicted octanol–water partition coefficient (Wildman–Crippen LogP) is 2.18. The lowest BCUT2D eigenvalue weighted by Crippen LogP contribution is -2.07. The molecule has 1 aromatic rings. The zero-order chi connectivity index (χ0) is 12.0. The number of halogens is 1. The molecular formula is C10H13FN2O3. The fraction of sp³-hybridized carbons (Fsp3) is 0.400. The Balaban J connectivity index is 2.71. The molecule has 1 N–H and O–H groups in total. The van der Waals surface area contributed by atoms with Crippen LogP contribution in [0, 0.1) is 15.9 Å². The molecule has 1 aromatic carbocycles. The van der Waals surface area contributed by atoms with Crippen molar-refractivity contribution in [2.45, 2.75) is 6.42 Å². The van der Waals surface area contributed by atoms with Crippen molar-refractivity contribution >= 4 is 11.4 Å². The van der Waals surface area contributed by atoms with Crippen LogP contribution in [0.3, 0.4) is 0 Å². The van der Waals surface area contributed by atoms with Gasteiger partial charge >= 0.3 is 5.69 Å². The topological polar surface area (TPSA) is 64.4 Å². The molecule has 0 bridgehead atoms. The number of methoxy groups -OCH3 is 1. The summed E-state index contributed by atoms with van der Waals surface area (Å²) in [6.07, 6.45) is 0.699. The van der Waals surface area contributed by atoms with Gasteiger partial charge in [-0.2, -0.15) is 4.39 Å². The van der Waals surface area contributed by atoms with Crippen molar-refractivity contribution in [3.8, 4) is 0 Å². The van der Waals surface area contributed by atoms with Crippen LogP contribution in [0.4, 0.5) is 15.8 Å². The summed E-state index contributed by atoms with van der Waals surface area (Å²) in [4.78, 5) is 9.90. The van der Waals surface area contributed by atoms with Crippen molar-refractivity contribution in [1.29, 1.82) is 0 Å². The quantitative estimate of drug-likeness (QED) is 0.460. The molecule has 0 heterocycles. The fourth-order valence-corrected chi connectivity index (χ4v) is 1.28. The number of nitro groups is 1. The van der Waals surface area contributed by atoms with E-state index in [4.69, 9.17) is 4.74 Å². The lowest BCUT2D eigenvalue weighted by Gasteiger charge is -2.06. The Hall–Kier alpha value is -1.69. The Bertz CT molecular complexity index is 371. The average molecular weight is 228 g/mol. The molecule has 0 aromatic heterocycles. The van der Waals surface area contributed by atoms with Crippen molar-refractivity contribution in [3.63, 3.8) is 0 Å². The van der Waals surface area contributed by atoms with E-state index in [2.05, 4.69) is 5.32 Å². The summed E-state index contributed by atoms with van der Waals surface area (Å²) >= 11 is 0. The number of para-hydroxylation sites is 1. The molecule has 16 heavy (non-hydrogen) atoms. The second-order valence-corrected chi connectivity index (χ2v) is 3.17. The maximum atomic E-state index is 13.2. The summed E-state index contributed by atoms with van der Waals surface area (Å²) in [7, 11) is 1.57. The SMILES string of the molecule is COCCCNc1cccc(F)c1[N+](=O)[O-]. The highest BCUT2D eigenvalue weighted by molar-refractivity contribution is 5.61. The van der Waals surface area contributed by atoms with Crippen molar-refractivity contribution in [1.82, 2.24) is 0 Å². The number of ether oxygens (including phenoxy) is 1. The Morgan fingerprint density at radius 3 is 2.94 bits per heavy atom. The number of nitrogens with one attached hydrogen (secondary N) is 1. The first kappa shape index (κ1) is 12.4. The Labute approximate surface area is 92.4 Å². The van der Waals surface area contributed by atoms with E-state index in [1.54, 1.807) is 7.11 Å². The Morgan fingerprint density at radius 1 is 1.56 bits per heavy atom. The van der Waals surface area contributed by atoms with Crippen LogP contribution in [0.2, 0.25) is 0 Å². The van der Waals surface area contributed by atoms with Gasteiger partial charge in [-0.1, -0.05) is 6.07 Å². The molecule has 0 atom stereocenters. The van der Waals surface area contributed by atoms with Gasteiger partial charge < -0.3 is 10.1 Å². The summed E-state index contributed by atoms with van der Waals surface area (Å²) in [5.41, 5.74) is -0.319. The molecule has 0 aliphatic heterocycles. The van der Waals surface area contributed by atoms with E-state index in [0.717, 1.165) is 6.07 Å². The van der Waals surface area contributed by atoms with E-state index in [1.807, 2.05) is 0 Å². The van der Waals surface area contributed by atoms with E-state index in [-0.39, 0.29) is 5.69 Å². The Morgan fingerprint density at radius 2 is 2.31 bits per heavy atom. The highest BCUT2D eigenvalue weighted by Gasteiger charge is 2.18. The number of rotatable bonds is 6. The molecule has 0 aliphatic rings. The smallest absolute Gasteiger partial charge is 0.327 e. The second-order valence-electron chi connectivity index (χ2n) is 3.17. The first-order chi connectivity index (χ1) is 7.66. The van der Waals surface area contributed by atoms with Gasteiger partial charge in [-0.15, -0.1) is 0 Å². The summed E-state index contributed by atoms with van der Waals surface area (Å²) in [6, 6.07) is 3.98. The molecule has 0 fully saturated rings. The molecule has 0 unspecified atom stereocenters. The number of nitrogens with zero attached hydrogens (tertiary/aromatic N) is 1. The molecule has 0 radical (unpaired) electrons. The van der Waals surface area contributed by atoms with Gasteiger partial charge in [-0.25, -0.2) is 0 Å². The standard InChI is InChI=1S/C10H13FN2O3/c1-16-7-3-6-12-9-5-2-4-8(11)10(9)13(14)15/h2,4-5,12H,3,6-7H2,1H3. The van der Waals surface area contributed by atoms with Crippen molar-refractivity contribution in [2.24, 2.45) is 0 Å². The normalized spacial score (nSPS) is 10.1. The number of hydrogen-bond donors (Lipinski definition) is 1. The van der Waals surface area contributed by atoms with Gasteiger partial charge in [0.2, 0.25) is 5.82 Å². The molecule has 0 saturated carbocycles. The third kappa shape index (κ3) is 3.16. The zero-order valence-corrected chi connectivity index (χ0v) is 8.90. The van der Waals surface area contributed by atoms with E-state index in [1.165, 1.54) is 12.1 Å². The lowest BCUT2D eigenvalue weighted by atomic mass is 10.2. The van der Waals surface area contributed by atoms with Gasteiger partial charge in [0, 0.05) is 20.3 Å². The average Bonchev–Trinajstić information content (AvgIpc) is 2.24. The molecule has 0 saturated heterocycles. The highest BCUT2D eigenvalue weighted by Crippen LogP contribution is 2.26. The summed E-state index contributed by atoms with van der Waals surface area (Å²) in [5.74, 6) is -0.832. The van der Waals surface area contributed by atoms with Crippen LogP contribution in [0.5, 0.6) is 0 Å². The van der Waals surface area contributed by atoms with Crippen molar-refractivity contribution in [3.05, 3.63) is 34.1 Å². The van der Waals surface area contributed by atoms with E-state index in [0.29, 0.717) is 19.6 Å². The summed E-state index contributed by atoms with van der Waals surface area (Å²) < 4.78 is 18.0. The third-order valence-corrected chi connectivity index (χ3v) is 2.01. The summed E-state index contributed by atoms with van der Waals surface area (Å²) in [6.45, 7) is 1.05. The van der Waals surface area contributed by atoms with E-state index in [9.17, 15) is 14.5 Å². The van der Waals surface area contributed by atoms with Gasteiger partial charge in [0.1, 0.15) is 5.69 Å². The molecule has 88 valence electrons. The van der Waals surface area contributed by atoms with Crippen LogP contribution in [0.25, 0.3) is 0 Å². The zero-order valence-electron chi connectivity index (χ0n) is 8.90. The second kappa shape index (κ2) is 6.02. The van der Waals surface area contributed by atoms with E-state index < -0.39 is 16.4 Å². The maximum Gasteiger partial charge on any atom is 0.327 e. The first-order valence-electron chi connectivity index (χ1n) is 4.82. The number of nitro benzene ring substituents is 1. The van der Waals surface area contributed by atoms with Crippen LogP contribution in [0.1, 0.15) is 6.42 Å². The molecule has 0 aliphatic carbocycles. The lowest BCUT2D eigenvalue weighted by molar-refractivity contribution is -0.386. The van der Waals surface area contributed by atoms with Gasteiger partial charge in [0.05, 0.1) is 4.92 Å². The maximum absolute atomic E-state index is 13.2. The molecule has 5 nitrogen and oxygen atoms in total. The minimum atomic E-state index is -0.832. The molecule has 1 rings (SSSR count). The number of benzene rings is 1. The monoisotopic (exact) mass is 228 g/mol. The number of hydrogen-bond acceptors (Lipinski definition) is 4. The number of anilines is 1. The minimum Gasteiger partial charge on any atom is -0.385 e. The fourth-order valence-electron chi connectivity index (χ4n) is 1.28. The predicted molar refractivity (Wildman–Crippen MR) is 58.0 cm³/mol. The van der Waals surface area contributed by atoms with Crippen LogP contribution in [-0.4, -0.2) is 25.2 Å². The molecule has 6 heteroatoms. The molecule has 0 spiro atoms. The largest absolute Gasteiger partial charge is 0.385 e. The molecule has 0 amide bonds. The van der Waals surface area contributed by atoms with Crippen LogP contribution < -0.4 is 5.32 Å². The van der Waals surface area contributed by atoms with Crippen LogP contribution >= 0.6 is 0 Å². The highest BCUT2D eigenvalue weighted by atomic mass is 19.1. The van der Waals surface area contributed by atoms with Gasteiger partial charge in [-0.3, -0.25) is 10.1 Å². The van der Waals surface area contributed by atoms with Crippen LogP contribution in [-0.2, 0) is 4.74 Å².